The van der Waals surface area contributed by atoms with E-state index < -0.39 is 36.6 Å². The molecule has 0 spiro atoms. The highest BCUT2D eigenvalue weighted by Crippen LogP contribution is 2.33. The van der Waals surface area contributed by atoms with Crippen molar-refractivity contribution in [2.24, 2.45) is 5.92 Å². The summed E-state index contributed by atoms with van der Waals surface area (Å²) in [5.41, 5.74) is 0.730. The van der Waals surface area contributed by atoms with Crippen molar-refractivity contribution in [1.29, 1.82) is 0 Å². The monoisotopic (exact) mass is 483 g/mol. The first-order valence-electron chi connectivity index (χ1n) is 11.3. The molecule has 10 heteroatoms. The lowest BCUT2D eigenvalue weighted by Gasteiger charge is -2.18. The summed E-state index contributed by atoms with van der Waals surface area (Å²) in [5.74, 6) is -0.404. The first-order valence-corrected chi connectivity index (χ1v) is 11.3. The fourth-order valence-electron chi connectivity index (χ4n) is 3.43. The Morgan fingerprint density at radius 1 is 1.20 bits per heavy atom. The molecule has 4 rings (SSSR count). The fraction of sp³-hybridized carbons (Fsp3) is 0.360. The molecule has 0 radical (unpaired) electrons. The molecule has 1 aromatic heterocycles. The Morgan fingerprint density at radius 3 is 2.54 bits per heavy atom. The van der Waals surface area contributed by atoms with E-state index in [9.17, 15) is 19.1 Å². The molecular weight excluding hydrogens is 457 g/mol. The van der Waals surface area contributed by atoms with Crippen molar-refractivity contribution in [1.82, 2.24) is 15.5 Å². The van der Waals surface area contributed by atoms with Crippen LogP contribution in [0.1, 0.15) is 59.4 Å². The second-order valence-corrected chi connectivity index (χ2v) is 8.59. The number of aliphatic hydroxyl groups is 2. The molecule has 0 bridgehead atoms. The maximum absolute atomic E-state index is 14.6. The molecule has 0 unspecified atom stereocenters. The number of nitrogens with one attached hydrogen (secondary N) is 1. The van der Waals surface area contributed by atoms with Crippen LogP contribution >= 0.6 is 0 Å². The predicted octanol–water partition coefficient (Wildman–Crippen LogP) is 3.08. The number of ketones is 1. The lowest BCUT2D eigenvalue weighted by molar-refractivity contribution is 0.0609. The van der Waals surface area contributed by atoms with Crippen molar-refractivity contribution in [3.05, 3.63) is 65.3 Å². The van der Waals surface area contributed by atoms with Gasteiger partial charge in [-0.15, -0.1) is 0 Å². The van der Waals surface area contributed by atoms with Crippen LogP contribution in [0.25, 0.3) is 11.4 Å². The minimum atomic E-state index is -1.16. The Bertz CT molecular complexity index is 1210. The topological polar surface area (TPSA) is 135 Å². The molecule has 0 saturated heterocycles. The van der Waals surface area contributed by atoms with Gasteiger partial charge in [-0.2, -0.15) is 4.98 Å². The fourth-order valence-corrected chi connectivity index (χ4v) is 3.43. The summed E-state index contributed by atoms with van der Waals surface area (Å²) in [6.45, 7) is 2.68. The van der Waals surface area contributed by atoms with E-state index in [1.165, 1.54) is 19.1 Å². The highest BCUT2D eigenvalue weighted by Gasteiger charge is 2.30. The van der Waals surface area contributed by atoms with E-state index in [2.05, 4.69) is 15.5 Å². The molecular formula is C25H26FN3O6. The number of hydrogen-bond acceptors (Lipinski definition) is 8. The third-order valence-electron chi connectivity index (χ3n) is 5.78. The van der Waals surface area contributed by atoms with Crippen LogP contribution in [-0.2, 0) is 0 Å². The highest BCUT2D eigenvalue weighted by molar-refractivity contribution is 5.99. The van der Waals surface area contributed by atoms with Crippen molar-refractivity contribution < 1.29 is 33.5 Å². The molecule has 3 atom stereocenters. The summed E-state index contributed by atoms with van der Waals surface area (Å²) in [6.07, 6.45) is 0.130. The Labute approximate surface area is 200 Å². The van der Waals surface area contributed by atoms with E-state index in [0.29, 0.717) is 16.9 Å². The molecule has 1 aliphatic carbocycles. The van der Waals surface area contributed by atoms with E-state index in [1.54, 1.807) is 31.2 Å². The van der Waals surface area contributed by atoms with Crippen LogP contribution in [0.2, 0.25) is 0 Å². The van der Waals surface area contributed by atoms with Gasteiger partial charge in [-0.05, 0) is 63.1 Å². The average Bonchev–Trinajstić information content (AvgIpc) is 3.58. The van der Waals surface area contributed by atoms with E-state index >= 15 is 0 Å². The number of amides is 1. The van der Waals surface area contributed by atoms with Crippen LogP contribution in [0.3, 0.4) is 0 Å². The second kappa shape index (κ2) is 10.3. The first kappa shape index (κ1) is 24.5. The quantitative estimate of drug-likeness (QED) is 0.375. The Balaban J connectivity index is 1.40. The maximum Gasteiger partial charge on any atom is 0.267 e. The molecule has 3 N–H and O–H groups in total. The van der Waals surface area contributed by atoms with E-state index in [-0.39, 0.29) is 29.0 Å². The summed E-state index contributed by atoms with van der Waals surface area (Å²) in [6, 6.07) is 9.98. The van der Waals surface area contributed by atoms with Crippen molar-refractivity contribution in [3.63, 3.8) is 0 Å². The van der Waals surface area contributed by atoms with Crippen molar-refractivity contribution in [2.75, 3.05) is 6.61 Å². The van der Waals surface area contributed by atoms with Crippen LogP contribution in [-0.4, -0.2) is 50.8 Å². The summed E-state index contributed by atoms with van der Waals surface area (Å²) in [4.78, 5) is 28.7. The van der Waals surface area contributed by atoms with E-state index in [0.717, 1.165) is 18.9 Å². The van der Waals surface area contributed by atoms with Crippen LogP contribution in [0.15, 0.2) is 47.0 Å². The predicted molar refractivity (Wildman–Crippen MR) is 122 cm³/mol. The molecule has 3 aromatic rings. The number of benzene rings is 2. The van der Waals surface area contributed by atoms with E-state index in [4.69, 9.17) is 14.4 Å². The Morgan fingerprint density at radius 2 is 1.91 bits per heavy atom. The number of halogens is 1. The highest BCUT2D eigenvalue weighted by atomic mass is 19.1. The number of carbonyl (C=O) groups excluding carboxylic acids is 2. The van der Waals surface area contributed by atoms with Crippen molar-refractivity contribution in [3.8, 4) is 17.1 Å². The average molecular weight is 483 g/mol. The standard InChI is InChI=1S/C25H26FN3O6/c1-13(21(31)12-30)27-24(33)19-10-7-17(11-20(19)26)23-28-25(35-29-23)14(2)34-18-8-5-16(6-9-18)22(32)15-3-4-15/h5-11,13-15,21,30-31H,3-4,12H2,1-2H3,(H,27,33)/t13-,14-,21+/m1/s1. The van der Waals surface area contributed by atoms with Gasteiger partial charge in [0.25, 0.3) is 11.8 Å². The van der Waals surface area contributed by atoms with Crippen LogP contribution < -0.4 is 10.1 Å². The summed E-state index contributed by atoms with van der Waals surface area (Å²) < 4.78 is 25.7. The van der Waals surface area contributed by atoms with Gasteiger partial charge in [0, 0.05) is 17.0 Å². The summed E-state index contributed by atoms with van der Waals surface area (Å²) >= 11 is 0. The molecule has 9 nitrogen and oxygen atoms in total. The molecule has 0 aliphatic heterocycles. The summed E-state index contributed by atoms with van der Waals surface area (Å²) in [5, 5.41) is 24.8. The van der Waals surface area contributed by atoms with Gasteiger partial charge in [0.15, 0.2) is 11.9 Å². The van der Waals surface area contributed by atoms with Gasteiger partial charge in [0.05, 0.1) is 24.3 Å². The first-order chi connectivity index (χ1) is 16.8. The van der Waals surface area contributed by atoms with Crippen LogP contribution in [0, 0.1) is 11.7 Å². The lowest BCUT2D eigenvalue weighted by atomic mass is 10.1. The van der Waals surface area contributed by atoms with Gasteiger partial charge in [-0.25, -0.2) is 4.39 Å². The summed E-state index contributed by atoms with van der Waals surface area (Å²) in [7, 11) is 0. The van der Waals surface area contributed by atoms with Gasteiger partial charge >= 0.3 is 0 Å². The molecule has 2 aromatic carbocycles. The number of carbonyl (C=O) groups is 2. The van der Waals surface area contributed by atoms with Gasteiger partial charge in [0.1, 0.15) is 11.6 Å². The van der Waals surface area contributed by atoms with Crippen molar-refractivity contribution in [2.45, 2.75) is 44.9 Å². The largest absolute Gasteiger partial charge is 0.481 e. The smallest absolute Gasteiger partial charge is 0.267 e. The number of aromatic nitrogens is 2. The zero-order chi connectivity index (χ0) is 25.1. The molecule has 35 heavy (non-hydrogen) atoms. The Hall–Kier alpha value is -3.63. The molecule has 1 fully saturated rings. The number of nitrogens with zero attached hydrogens (tertiary/aromatic N) is 2. The van der Waals surface area contributed by atoms with Gasteiger partial charge in [-0.1, -0.05) is 11.2 Å². The molecule has 1 heterocycles. The van der Waals surface area contributed by atoms with Gasteiger partial charge in [-0.3, -0.25) is 9.59 Å². The Kier molecular flexibility index (Phi) is 7.23. The third-order valence-corrected chi connectivity index (χ3v) is 5.78. The van der Waals surface area contributed by atoms with Gasteiger partial charge in [0.2, 0.25) is 5.82 Å². The second-order valence-electron chi connectivity index (χ2n) is 8.59. The number of Topliss-reactive ketones (excluding diaryl/α,β-unsaturated/α-hetero) is 1. The molecule has 184 valence electrons. The number of rotatable bonds is 10. The van der Waals surface area contributed by atoms with Crippen LogP contribution in [0.5, 0.6) is 5.75 Å². The maximum atomic E-state index is 14.6. The van der Waals surface area contributed by atoms with Crippen LogP contribution in [0.4, 0.5) is 4.39 Å². The SMILES string of the molecule is C[C@@H](Oc1ccc(C(=O)C2CC2)cc1)c1nc(-c2ccc(C(=O)N[C@H](C)[C@@H](O)CO)c(F)c2)no1. The normalized spacial score (nSPS) is 15.8. The number of ether oxygens (including phenoxy) is 1. The number of aliphatic hydroxyl groups excluding tert-OH is 2. The van der Waals surface area contributed by atoms with Crippen molar-refractivity contribution >= 4 is 11.7 Å². The zero-order valence-corrected chi connectivity index (χ0v) is 19.3. The molecule has 1 aliphatic rings. The minimum absolute atomic E-state index is 0.121. The lowest BCUT2D eigenvalue weighted by Crippen LogP contribution is -2.43. The molecule has 1 amide bonds. The van der Waals surface area contributed by atoms with Gasteiger partial charge < -0.3 is 24.8 Å². The minimum Gasteiger partial charge on any atom is -0.481 e. The zero-order valence-electron chi connectivity index (χ0n) is 19.3. The number of hydrogen-bond donors (Lipinski definition) is 3. The third kappa shape index (κ3) is 5.72. The molecule has 1 saturated carbocycles. The van der Waals surface area contributed by atoms with E-state index in [1.807, 2.05) is 0 Å².